The first-order valence-corrected chi connectivity index (χ1v) is 5.54. The number of halogens is 1. The molecular formula is C10H13BrN2O3. The maximum absolute atomic E-state index is 11.7. The summed E-state index contributed by atoms with van der Waals surface area (Å²) in [5.74, 6) is -1.21. The van der Waals surface area contributed by atoms with E-state index in [2.05, 4.69) is 21.2 Å². The third-order valence-electron chi connectivity index (χ3n) is 2.06. The van der Waals surface area contributed by atoms with E-state index in [0.29, 0.717) is 5.69 Å². The van der Waals surface area contributed by atoms with Crippen molar-refractivity contribution in [1.82, 2.24) is 9.88 Å². The predicted octanol–water partition coefficient (Wildman–Crippen LogP) is 1.38. The standard InChI is InChI=1S/C10H13BrN2O3/c1-6(3-9(14)15)12-10(16)8-4-7(11)5-13(8)2/h4-6H,3H2,1-2H3,(H,12,16)(H,14,15). The summed E-state index contributed by atoms with van der Waals surface area (Å²) in [6.45, 7) is 1.66. The summed E-state index contributed by atoms with van der Waals surface area (Å²) in [4.78, 5) is 22.2. The van der Waals surface area contributed by atoms with Crippen LogP contribution in [0.15, 0.2) is 16.7 Å². The molecule has 1 rings (SSSR count). The largest absolute Gasteiger partial charge is 0.481 e. The first-order valence-electron chi connectivity index (χ1n) is 4.74. The van der Waals surface area contributed by atoms with Crippen LogP contribution in [0.1, 0.15) is 23.8 Å². The van der Waals surface area contributed by atoms with Crippen molar-refractivity contribution in [3.63, 3.8) is 0 Å². The zero-order valence-corrected chi connectivity index (χ0v) is 10.6. The molecule has 1 amide bonds. The summed E-state index contributed by atoms with van der Waals surface area (Å²) in [7, 11) is 1.75. The van der Waals surface area contributed by atoms with Crippen LogP contribution < -0.4 is 5.32 Å². The van der Waals surface area contributed by atoms with Crippen LogP contribution >= 0.6 is 15.9 Å². The number of aromatic nitrogens is 1. The van der Waals surface area contributed by atoms with Gasteiger partial charge in [-0.05, 0) is 28.9 Å². The molecule has 0 fully saturated rings. The first kappa shape index (κ1) is 12.8. The van der Waals surface area contributed by atoms with Crippen molar-refractivity contribution in [1.29, 1.82) is 0 Å². The highest BCUT2D eigenvalue weighted by Crippen LogP contribution is 2.13. The summed E-state index contributed by atoms with van der Waals surface area (Å²) in [5.41, 5.74) is 0.490. The van der Waals surface area contributed by atoms with Crippen LogP contribution in [0.4, 0.5) is 0 Å². The first-order chi connectivity index (χ1) is 7.40. The summed E-state index contributed by atoms with van der Waals surface area (Å²) < 4.78 is 2.48. The monoisotopic (exact) mass is 288 g/mol. The van der Waals surface area contributed by atoms with Crippen LogP contribution in [0.25, 0.3) is 0 Å². The van der Waals surface area contributed by atoms with Crippen molar-refractivity contribution in [3.05, 3.63) is 22.4 Å². The van der Waals surface area contributed by atoms with Crippen molar-refractivity contribution in [2.45, 2.75) is 19.4 Å². The molecule has 5 nitrogen and oxygen atoms in total. The molecular weight excluding hydrogens is 276 g/mol. The van der Waals surface area contributed by atoms with Gasteiger partial charge in [-0.25, -0.2) is 0 Å². The molecule has 0 spiro atoms. The van der Waals surface area contributed by atoms with Crippen molar-refractivity contribution < 1.29 is 14.7 Å². The van der Waals surface area contributed by atoms with Gasteiger partial charge in [-0.2, -0.15) is 0 Å². The second-order valence-electron chi connectivity index (χ2n) is 3.63. The average molecular weight is 289 g/mol. The highest BCUT2D eigenvalue weighted by molar-refractivity contribution is 9.10. The van der Waals surface area contributed by atoms with E-state index in [4.69, 9.17) is 5.11 Å². The van der Waals surface area contributed by atoms with Crippen LogP contribution in [-0.4, -0.2) is 27.6 Å². The number of nitrogens with one attached hydrogen (secondary N) is 1. The lowest BCUT2D eigenvalue weighted by molar-refractivity contribution is -0.137. The summed E-state index contributed by atoms with van der Waals surface area (Å²) >= 11 is 3.26. The Kier molecular flexibility index (Phi) is 4.12. The maximum Gasteiger partial charge on any atom is 0.305 e. The van der Waals surface area contributed by atoms with E-state index < -0.39 is 12.0 Å². The van der Waals surface area contributed by atoms with Gasteiger partial charge in [0.2, 0.25) is 0 Å². The normalized spacial score (nSPS) is 12.2. The van der Waals surface area contributed by atoms with Crippen LogP contribution in [0.2, 0.25) is 0 Å². The molecule has 0 aromatic carbocycles. The van der Waals surface area contributed by atoms with Crippen molar-refractivity contribution in [2.75, 3.05) is 0 Å². The Bertz CT molecular complexity index is 414. The number of rotatable bonds is 4. The lowest BCUT2D eigenvalue weighted by Gasteiger charge is -2.11. The Morgan fingerprint density at radius 1 is 1.62 bits per heavy atom. The molecule has 1 heterocycles. The molecule has 0 radical (unpaired) electrons. The number of aliphatic carboxylic acids is 1. The molecule has 88 valence electrons. The molecule has 1 aromatic rings. The van der Waals surface area contributed by atoms with Gasteiger partial charge < -0.3 is 15.0 Å². The summed E-state index contributed by atoms with van der Waals surface area (Å²) in [6.07, 6.45) is 1.67. The average Bonchev–Trinajstić information content (AvgIpc) is 2.43. The summed E-state index contributed by atoms with van der Waals surface area (Å²) in [5, 5.41) is 11.2. The fraction of sp³-hybridized carbons (Fsp3) is 0.400. The van der Waals surface area contributed by atoms with Gasteiger partial charge in [-0.1, -0.05) is 0 Å². The quantitative estimate of drug-likeness (QED) is 0.879. The SMILES string of the molecule is CC(CC(=O)O)NC(=O)c1cc(Br)cn1C. The molecule has 0 bridgehead atoms. The van der Waals surface area contributed by atoms with E-state index in [9.17, 15) is 9.59 Å². The minimum Gasteiger partial charge on any atom is -0.481 e. The lowest BCUT2D eigenvalue weighted by atomic mass is 10.2. The van der Waals surface area contributed by atoms with Crippen LogP contribution in [0, 0.1) is 0 Å². The van der Waals surface area contributed by atoms with E-state index in [1.165, 1.54) is 0 Å². The summed E-state index contributed by atoms with van der Waals surface area (Å²) in [6, 6.07) is 1.29. The Hall–Kier alpha value is -1.30. The molecule has 0 aliphatic rings. The Morgan fingerprint density at radius 2 is 2.25 bits per heavy atom. The Labute approximate surface area is 102 Å². The minimum absolute atomic E-state index is 0.0860. The van der Waals surface area contributed by atoms with E-state index in [1.807, 2.05) is 0 Å². The third-order valence-corrected chi connectivity index (χ3v) is 2.50. The number of carboxylic acids is 1. The van der Waals surface area contributed by atoms with E-state index in [0.717, 1.165) is 4.47 Å². The van der Waals surface area contributed by atoms with Gasteiger partial charge in [0.1, 0.15) is 5.69 Å². The Morgan fingerprint density at radius 3 is 2.69 bits per heavy atom. The molecule has 6 heteroatoms. The predicted molar refractivity (Wildman–Crippen MR) is 62.3 cm³/mol. The van der Waals surface area contributed by atoms with Crippen LogP contribution in [0.5, 0.6) is 0 Å². The van der Waals surface area contributed by atoms with Crippen molar-refractivity contribution in [2.24, 2.45) is 7.05 Å². The van der Waals surface area contributed by atoms with Gasteiger partial charge in [0.15, 0.2) is 0 Å². The van der Waals surface area contributed by atoms with Crippen LogP contribution in [0.3, 0.4) is 0 Å². The highest BCUT2D eigenvalue weighted by Gasteiger charge is 2.15. The molecule has 16 heavy (non-hydrogen) atoms. The van der Waals surface area contributed by atoms with Gasteiger partial charge in [0.25, 0.3) is 5.91 Å². The lowest BCUT2D eigenvalue weighted by Crippen LogP contribution is -2.35. The zero-order chi connectivity index (χ0) is 12.3. The molecule has 0 aliphatic carbocycles. The smallest absolute Gasteiger partial charge is 0.305 e. The van der Waals surface area contributed by atoms with Crippen LogP contribution in [-0.2, 0) is 11.8 Å². The van der Waals surface area contributed by atoms with Gasteiger partial charge >= 0.3 is 5.97 Å². The number of nitrogens with zero attached hydrogens (tertiary/aromatic N) is 1. The van der Waals surface area contributed by atoms with Gasteiger partial charge in [-0.15, -0.1) is 0 Å². The van der Waals surface area contributed by atoms with E-state index in [1.54, 1.807) is 30.8 Å². The number of carbonyl (C=O) groups is 2. The number of carboxylic acid groups (broad SMARTS) is 1. The molecule has 1 atom stereocenters. The van der Waals surface area contributed by atoms with Gasteiger partial charge in [0.05, 0.1) is 6.42 Å². The molecule has 0 aliphatic heterocycles. The van der Waals surface area contributed by atoms with E-state index in [-0.39, 0.29) is 12.3 Å². The second kappa shape index (κ2) is 5.16. The topological polar surface area (TPSA) is 71.3 Å². The Balaban J connectivity index is 2.65. The number of hydrogen-bond donors (Lipinski definition) is 2. The third kappa shape index (κ3) is 3.37. The highest BCUT2D eigenvalue weighted by atomic mass is 79.9. The molecule has 0 saturated heterocycles. The molecule has 0 saturated carbocycles. The number of carbonyl (C=O) groups excluding carboxylic acids is 1. The van der Waals surface area contributed by atoms with Gasteiger partial charge in [0, 0.05) is 23.8 Å². The second-order valence-corrected chi connectivity index (χ2v) is 4.54. The maximum atomic E-state index is 11.7. The molecule has 1 unspecified atom stereocenters. The minimum atomic E-state index is -0.930. The number of hydrogen-bond acceptors (Lipinski definition) is 2. The van der Waals surface area contributed by atoms with Gasteiger partial charge in [-0.3, -0.25) is 9.59 Å². The molecule has 2 N–H and O–H groups in total. The zero-order valence-electron chi connectivity index (χ0n) is 9.03. The van der Waals surface area contributed by atoms with E-state index >= 15 is 0 Å². The van der Waals surface area contributed by atoms with Crippen molar-refractivity contribution >= 4 is 27.8 Å². The van der Waals surface area contributed by atoms with Crippen molar-refractivity contribution in [3.8, 4) is 0 Å². The number of amides is 1. The molecule has 1 aromatic heterocycles. The fourth-order valence-corrected chi connectivity index (χ4v) is 1.88. The number of aryl methyl sites for hydroxylation is 1. The fourth-order valence-electron chi connectivity index (χ4n) is 1.36.